The first-order chi connectivity index (χ1) is 5.66. The molecule has 1 aliphatic heterocycles. The summed E-state index contributed by atoms with van der Waals surface area (Å²) >= 11 is 5.18. The highest BCUT2D eigenvalue weighted by molar-refractivity contribution is 7.80. The second kappa shape index (κ2) is 3.86. The molecule has 0 aromatic heterocycles. The summed E-state index contributed by atoms with van der Waals surface area (Å²) < 4.78 is 0. The third-order valence-electron chi connectivity index (χ3n) is 2.21. The molecule has 0 aromatic rings. The van der Waals surface area contributed by atoms with E-state index in [4.69, 9.17) is 17.5 Å². The maximum absolute atomic E-state index is 8.92. The van der Waals surface area contributed by atoms with E-state index in [1.165, 1.54) is 0 Å². The lowest BCUT2D eigenvalue weighted by Gasteiger charge is -2.26. The van der Waals surface area contributed by atoms with Crippen LogP contribution in [0.3, 0.4) is 0 Å². The van der Waals surface area contributed by atoms with Gasteiger partial charge in [0.05, 0.1) is 11.1 Å². The van der Waals surface area contributed by atoms with Crippen LogP contribution in [0, 0.1) is 17.2 Å². The molecule has 12 heavy (non-hydrogen) atoms. The molecule has 1 rings (SSSR count). The molecular weight excluding hydrogens is 168 g/mol. The minimum atomic E-state index is -0.0139. The molecule has 0 saturated carbocycles. The zero-order chi connectivity index (χ0) is 9.14. The smallest absolute Gasteiger partial charge is 0.119 e. The van der Waals surface area contributed by atoms with E-state index in [1.807, 2.05) is 0 Å². The average Bonchev–Trinajstić information content (AvgIpc) is 2.38. The maximum atomic E-state index is 8.92. The molecule has 66 valence electrons. The van der Waals surface area contributed by atoms with E-state index in [1.54, 1.807) is 0 Å². The number of nitriles is 1. The summed E-state index contributed by atoms with van der Waals surface area (Å²) in [5.74, 6) is 0.367. The molecule has 0 radical (unpaired) electrons. The predicted octanol–water partition coefficient (Wildman–Crippen LogP) is 1.96. The Kier molecular flexibility index (Phi) is 3.05. The van der Waals surface area contributed by atoms with Crippen molar-refractivity contribution >= 4 is 17.2 Å². The predicted molar refractivity (Wildman–Crippen MR) is 52.8 cm³/mol. The van der Waals surface area contributed by atoms with Gasteiger partial charge in [-0.15, -0.1) is 0 Å². The molecule has 2 nitrogen and oxygen atoms in total. The number of nitrogens with zero attached hydrogens (tertiary/aromatic N) is 2. The minimum absolute atomic E-state index is 0.0139. The Bertz CT molecular complexity index is 217. The molecule has 3 heteroatoms. The fraction of sp³-hybridized carbons (Fsp3) is 0.778. The Morgan fingerprint density at radius 2 is 2.25 bits per heavy atom. The number of thiocarbonyl (C=S) groups is 1. The van der Waals surface area contributed by atoms with Gasteiger partial charge >= 0.3 is 0 Å². The molecule has 1 saturated heterocycles. The molecule has 1 heterocycles. The van der Waals surface area contributed by atoms with Crippen LogP contribution in [-0.2, 0) is 0 Å². The fourth-order valence-electron chi connectivity index (χ4n) is 1.54. The van der Waals surface area contributed by atoms with Crippen molar-refractivity contribution in [1.29, 1.82) is 5.26 Å². The average molecular weight is 182 g/mol. The molecule has 1 atom stereocenters. The first-order valence-electron chi connectivity index (χ1n) is 4.36. The summed E-state index contributed by atoms with van der Waals surface area (Å²) in [6.45, 7) is 5.10. The molecule has 0 spiro atoms. The second-order valence-electron chi connectivity index (χ2n) is 3.51. The SMILES string of the molecule is CC(C)C(C#N)N1CCCC1=S. The van der Waals surface area contributed by atoms with Crippen LogP contribution in [0.4, 0.5) is 0 Å². The van der Waals surface area contributed by atoms with Crippen LogP contribution in [0.25, 0.3) is 0 Å². The third kappa shape index (κ3) is 1.75. The topological polar surface area (TPSA) is 27.0 Å². The van der Waals surface area contributed by atoms with Gasteiger partial charge in [-0.2, -0.15) is 5.26 Å². The van der Waals surface area contributed by atoms with E-state index in [2.05, 4.69) is 24.8 Å². The Morgan fingerprint density at radius 1 is 1.58 bits per heavy atom. The molecule has 0 aliphatic carbocycles. The van der Waals surface area contributed by atoms with Gasteiger partial charge in [0.15, 0.2) is 0 Å². The maximum Gasteiger partial charge on any atom is 0.119 e. The van der Waals surface area contributed by atoms with Crippen molar-refractivity contribution < 1.29 is 0 Å². The highest BCUT2D eigenvalue weighted by Crippen LogP contribution is 2.19. The van der Waals surface area contributed by atoms with Crippen LogP contribution in [0.5, 0.6) is 0 Å². The lowest BCUT2D eigenvalue weighted by Crippen LogP contribution is -2.37. The van der Waals surface area contributed by atoms with Crippen LogP contribution in [-0.4, -0.2) is 22.5 Å². The van der Waals surface area contributed by atoms with Gasteiger partial charge in [-0.25, -0.2) is 0 Å². The first kappa shape index (κ1) is 9.47. The first-order valence-corrected chi connectivity index (χ1v) is 4.76. The normalized spacial score (nSPS) is 19.8. The van der Waals surface area contributed by atoms with E-state index in [9.17, 15) is 0 Å². The van der Waals surface area contributed by atoms with Crippen molar-refractivity contribution in [3.8, 4) is 6.07 Å². The molecular formula is C9H14N2S. The summed E-state index contributed by atoms with van der Waals surface area (Å²) in [4.78, 5) is 3.04. The molecule has 1 aliphatic rings. The van der Waals surface area contributed by atoms with Gasteiger partial charge in [0.25, 0.3) is 0 Å². The van der Waals surface area contributed by atoms with E-state index in [-0.39, 0.29) is 6.04 Å². The molecule has 1 fully saturated rings. The Morgan fingerprint density at radius 3 is 2.58 bits per heavy atom. The van der Waals surface area contributed by atoms with Gasteiger partial charge in [0.2, 0.25) is 0 Å². The van der Waals surface area contributed by atoms with E-state index in [0.29, 0.717) is 5.92 Å². The van der Waals surface area contributed by atoms with Gasteiger partial charge in [-0.05, 0) is 18.8 Å². The number of hydrogen-bond acceptors (Lipinski definition) is 2. The van der Waals surface area contributed by atoms with Gasteiger partial charge in [0, 0.05) is 6.54 Å². The van der Waals surface area contributed by atoms with Crippen LogP contribution < -0.4 is 0 Å². The van der Waals surface area contributed by atoms with Gasteiger partial charge in [-0.3, -0.25) is 0 Å². The lowest BCUT2D eigenvalue weighted by atomic mass is 10.1. The third-order valence-corrected chi connectivity index (χ3v) is 2.65. The van der Waals surface area contributed by atoms with Crippen molar-refractivity contribution in [3.05, 3.63) is 0 Å². The van der Waals surface area contributed by atoms with Crippen LogP contribution in [0.15, 0.2) is 0 Å². The monoisotopic (exact) mass is 182 g/mol. The zero-order valence-corrected chi connectivity index (χ0v) is 8.40. The van der Waals surface area contributed by atoms with E-state index >= 15 is 0 Å². The Hall–Kier alpha value is -0.620. The second-order valence-corrected chi connectivity index (χ2v) is 3.98. The van der Waals surface area contributed by atoms with Crippen molar-refractivity contribution in [2.45, 2.75) is 32.7 Å². The minimum Gasteiger partial charge on any atom is -0.350 e. The zero-order valence-electron chi connectivity index (χ0n) is 7.58. The lowest BCUT2D eigenvalue weighted by molar-refractivity contribution is 0.325. The van der Waals surface area contributed by atoms with Crippen LogP contribution in [0.2, 0.25) is 0 Å². The summed E-state index contributed by atoms with van der Waals surface area (Å²) in [6, 6.07) is 2.30. The molecule has 0 aromatic carbocycles. The standard InChI is InChI=1S/C9H14N2S/c1-7(2)8(6-10)11-5-3-4-9(11)12/h7-8H,3-5H2,1-2H3. The van der Waals surface area contributed by atoms with Crippen LogP contribution in [0.1, 0.15) is 26.7 Å². The number of rotatable bonds is 2. The molecule has 0 bridgehead atoms. The van der Waals surface area contributed by atoms with Crippen molar-refractivity contribution in [1.82, 2.24) is 4.90 Å². The number of hydrogen-bond donors (Lipinski definition) is 0. The molecule has 0 N–H and O–H groups in total. The van der Waals surface area contributed by atoms with Crippen molar-refractivity contribution in [3.63, 3.8) is 0 Å². The summed E-state index contributed by atoms with van der Waals surface area (Å²) in [5.41, 5.74) is 0. The van der Waals surface area contributed by atoms with Crippen LogP contribution >= 0.6 is 12.2 Å². The van der Waals surface area contributed by atoms with Gasteiger partial charge in [0.1, 0.15) is 6.04 Å². The Balaban J connectivity index is 2.67. The van der Waals surface area contributed by atoms with Crippen molar-refractivity contribution in [2.24, 2.45) is 5.92 Å². The van der Waals surface area contributed by atoms with Gasteiger partial charge in [-0.1, -0.05) is 26.1 Å². The highest BCUT2D eigenvalue weighted by Gasteiger charge is 2.26. The fourth-order valence-corrected chi connectivity index (χ4v) is 1.89. The van der Waals surface area contributed by atoms with Crippen molar-refractivity contribution in [2.75, 3.05) is 6.54 Å². The summed E-state index contributed by atoms with van der Waals surface area (Å²) in [7, 11) is 0. The quantitative estimate of drug-likeness (QED) is 0.611. The summed E-state index contributed by atoms with van der Waals surface area (Å²) in [5, 5.41) is 8.92. The highest BCUT2D eigenvalue weighted by atomic mass is 32.1. The molecule has 1 unspecified atom stereocenters. The largest absolute Gasteiger partial charge is 0.350 e. The van der Waals surface area contributed by atoms with E-state index in [0.717, 1.165) is 24.4 Å². The van der Waals surface area contributed by atoms with Gasteiger partial charge < -0.3 is 4.90 Å². The number of likely N-dealkylation sites (tertiary alicyclic amines) is 1. The summed E-state index contributed by atoms with van der Waals surface area (Å²) in [6.07, 6.45) is 2.10. The van der Waals surface area contributed by atoms with E-state index < -0.39 is 0 Å². The Labute approximate surface area is 79.2 Å². The molecule has 0 amide bonds.